The number of anilines is 2. The summed E-state index contributed by atoms with van der Waals surface area (Å²) in [6, 6.07) is 15.2. The molecule has 1 N–H and O–H groups in total. The van der Waals surface area contributed by atoms with Crippen molar-refractivity contribution in [3.63, 3.8) is 0 Å². The fourth-order valence-electron chi connectivity index (χ4n) is 3.18. The number of nitrogens with zero attached hydrogens (tertiary/aromatic N) is 1. The molecule has 1 aliphatic heterocycles. The SMILES string of the molecule is O=C(COc1ccc2ccc(=O)oc2c1)Nc1ccccc1N1CCCC1=O. The zero-order valence-corrected chi connectivity index (χ0v) is 15.0. The molecule has 0 atom stereocenters. The third-order valence-electron chi connectivity index (χ3n) is 4.51. The summed E-state index contributed by atoms with van der Waals surface area (Å²) in [5, 5.41) is 3.56. The van der Waals surface area contributed by atoms with Gasteiger partial charge in [0.2, 0.25) is 5.91 Å². The van der Waals surface area contributed by atoms with Crippen molar-refractivity contribution in [2.75, 3.05) is 23.4 Å². The summed E-state index contributed by atoms with van der Waals surface area (Å²) in [5.41, 5.74) is 1.19. The Kier molecular flexibility index (Phi) is 4.80. The van der Waals surface area contributed by atoms with Crippen LogP contribution in [0, 0.1) is 0 Å². The highest BCUT2D eigenvalue weighted by Crippen LogP contribution is 2.29. The van der Waals surface area contributed by atoms with E-state index in [-0.39, 0.29) is 18.4 Å². The van der Waals surface area contributed by atoms with Crippen molar-refractivity contribution in [3.05, 3.63) is 65.0 Å². The first-order chi connectivity index (χ1) is 13.6. The number of fused-ring (bicyclic) bond motifs is 1. The van der Waals surface area contributed by atoms with E-state index in [9.17, 15) is 14.4 Å². The van der Waals surface area contributed by atoms with Crippen LogP contribution in [0.15, 0.2) is 63.8 Å². The summed E-state index contributed by atoms with van der Waals surface area (Å²) in [4.78, 5) is 37.4. The molecule has 1 aromatic heterocycles. The lowest BCUT2D eigenvalue weighted by atomic mass is 10.2. The zero-order valence-electron chi connectivity index (χ0n) is 15.0. The number of amides is 2. The fourth-order valence-corrected chi connectivity index (χ4v) is 3.18. The van der Waals surface area contributed by atoms with Crippen LogP contribution in [-0.4, -0.2) is 25.0 Å². The Balaban J connectivity index is 1.44. The van der Waals surface area contributed by atoms with E-state index < -0.39 is 5.63 Å². The van der Waals surface area contributed by atoms with Crippen molar-refractivity contribution in [1.82, 2.24) is 0 Å². The number of hydrogen-bond donors (Lipinski definition) is 1. The highest BCUT2D eigenvalue weighted by molar-refractivity contribution is 6.02. The number of hydrogen-bond acceptors (Lipinski definition) is 5. The summed E-state index contributed by atoms with van der Waals surface area (Å²) in [6.07, 6.45) is 1.33. The van der Waals surface area contributed by atoms with Crippen molar-refractivity contribution < 1.29 is 18.7 Å². The van der Waals surface area contributed by atoms with Crippen LogP contribution in [0.2, 0.25) is 0 Å². The molecule has 2 aromatic carbocycles. The Morgan fingerprint density at radius 3 is 2.75 bits per heavy atom. The molecular formula is C21H18N2O5. The number of carbonyl (C=O) groups excluding carboxylic acids is 2. The molecule has 3 aromatic rings. The predicted octanol–water partition coefficient (Wildman–Crippen LogP) is 2.94. The highest BCUT2D eigenvalue weighted by Gasteiger charge is 2.24. The number of para-hydroxylation sites is 2. The first-order valence-electron chi connectivity index (χ1n) is 8.96. The van der Waals surface area contributed by atoms with E-state index in [0.717, 1.165) is 11.8 Å². The van der Waals surface area contributed by atoms with Gasteiger partial charge in [-0.1, -0.05) is 12.1 Å². The van der Waals surface area contributed by atoms with Gasteiger partial charge in [0.25, 0.3) is 5.91 Å². The molecule has 0 aliphatic carbocycles. The average molecular weight is 378 g/mol. The van der Waals surface area contributed by atoms with Crippen LogP contribution < -0.4 is 20.6 Å². The minimum atomic E-state index is -0.449. The molecule has 7 nitrogen and oxygen atoms in total. The Hall–Kier alpha value is -3.61. The molecule has 2 heterocycles. The van der Waals surface area contributed by atoms with Crippen LogP contribution in [0.4, 0.5) is 11.4 Å². The topological polar surface area (TPSA) is 88.8 Å². The summed E-state index contributed by atoms with van der Waals surface area (Å²) in [6.45, 7) is 0.426. The number of rotatable bonds is 5. The largest absolute Gasteiger partial charge is 0.484 e. The lowest BCUT2D eigenvalue weighted by Gasteiger charge is -2.20. The average Bonchev–Trinajstić information content (AvgIpc) is 3.12. The van der Waals surface area contributed by atoms with Gasteiger partial charge in [-0.2, -0.15) is 0 Å². The van der Waals surface area contributed by atoms with E-state index in [1.807, 2.05) is 12.1 Å². The third-order valence-corrected chi connectivity index (χ3v) is 4.51. The van der Waals surface area contributed by atoms with Gasteiger partial charge in [0, 0.05) is 30.5 Å². The first-order valence-corrected chi connectivity index (χ1v) is 8.96. The van der Waals surface area contributed by atoms with Crippen LogP contribution in [0.1, 0.15) is 12.8 Å². The van der Waals surface area contributed by atoms with E-state index in [1.165, 1.54) is 6.07 Å². The predicted molar refractivity (Wildman–Crippen MR) is 105 cm³/mol. The van der Waals surface area contributed by atoms with E-state index in [1.54, 1.807) is 41.3 Å². The molecule has 1 aliphatic rings. The van der Waals surface area contributed by atoms with Crippen LogP contribution in [-0.2, 0) is 9.59 Å². The quantitative estimate of drug-likeness (QED) is 0.690. The highest BCUT2D eigenvalue weighted by atomic mass is 16.5. The number of carbonyl (C=O) groups is 2. The second-order valence-electron chi connectivity index (χ2n) is 6.46. The molecule has 28 heavy (non-hydrogen) atoms. The van der Waals surface area contributed by atoms with Gasteiger partial charge in [0.15, 0.2) is 6.61 Å². The summed E-state index contributed by atoms with van der Waals surface area (Å²) >= 11 is 0. The Morgan fingerprint density at radius 2 is 1.93 bits per heavy atom. The Morgan fingerprint density at radius 1 is 1.11 bits per heavy atom. The van der Waals surface area contributed by atoms with Gasteiger partial charge < -0.3 is 19.4 Å². The molecule has 1 saturated heterocycles. The lowest BCUT2D eigenvalue weighted by molar-refractivity contribution is -0.118. The maximum Gasteiger partial charge on any atom is 0.336 e. The van der Waals surface area contributed by atoms with E-state index in [0.29, 0.717) is 35.7 Å². The van der Waals surface area contributed by atoms with Crippen molar-refractivity contribution in [2.45, 2.75) is 12.8 Å². The number of nitrogens with one attached hydrogen (secondary N) is 1. The molecule has 1 fully saturated rings. The van der Waals surface area contributed by atoms with E-state index in [2.05, 4.69) is 5.32 Å². The third kappa shape index (κ3) is 3.73. The van der Waals surface area contributed by atoms with E-state index >= 15 is 0 Å². The van der Waals surface area contributed by atoms with Crippen LogP contribution in [0.5, 0.6) is 5.75 Å². The number of benzene rings is 2. The molecule has 0 spiro atoms. The minimum Gasteiger partial charge on any atom is -0.484 e. The fraction of sp³-hybridized carbons (Fsp3) is 0.190. The Labute approximate surface area is 160 Å². The molecule has 0 unspecified atom stereocenters. The molecule has 0 bridgehead atoms. The maximum atomic E-state index is 12.3. The van der Waals surface area contributed by atoms with Crippen molar-refractivity contribution >= 4 is 34.2 Å². The normalized spacial score (nSPS) is 13.7. The van der Waals surface area contributed by atoms with Crippen molar-refractivity contribution in [1.29, 1.82) is 0 Å². The molecule has 142 valence electrons. The van der Waals surface area contributed by atoms with Gasteiger partial charge in [-0.05, 0) is 36.8 Å². The van der Waals surface area contributed by atoms with Gasteiger partial charge in [-0.3, -0.25) is 9.59 Å². The standard InChI is InChI=1S/C21H18N2O5/c24-19(13-27-15-9-7-14-8-10-21(26)28-18(14)12-15)22-16-4-1-2-5-17(16)23-11-3-6-20(23)25/h1-2,4-5,7-10,12H,3,6,11,13H2,(H,22,24). The van der Waals surface area contributed by atoms with Gasteiger partial charge in [0.05, 0.1) is 11.4 Å². The monoisotopic (exact) mass is 378 g/mol. The summed E-state index contributed by atoms with van der Waals surface area (Å²) in [5.74, 6) is 0.115. The smallest absolute Gasteiger partial charge is 0.336 e. The zero-order chi connectivity index (χ0) is 19.5. The second kappa shape index (κ2) is 7.56. The van der Waals surface area contributed by atoms with Crippen LogP contribution in [0.25, 0.3) is 11.0 Å². The van der Waals surface area contributed by atoms with Gasteiger partial charge in [0.1, 0.15) is 11.3 Å². The number of ether oxygens (including phenoxy) is 1. The van der Waals surface area contributed by atoms with Crippen LogP contribution >= 0.6 is 0 Å². The first kappa shape index (κ1) is 17.8. The Bertz CT molecular complexity index is 1110. The maximum absolute atomic E-state index is 12.3. The lowest BCUT2D eigenvalue weighted by Crippen LogP contribution is -2.26. The van der Waals surface area contributed by atoms with Gasteiger partial charge >= 0.3 is 5.63 Å². The summed E-state index contributed by atoms with van der Waals surface area (Å²) < 4.78 is 10.6. The molecule has 7 heteroatoms. The molecule has 4 rings (SSSR count). The summed E-state index contributed by atoms with van der Waals surface area (Å²) in [7, 11) is 0. The molecule has 2 amide bonds. The van der Waals surface area contributed by atoms with Gasteiger partial charge in [-0.25, -0.2) is 4.79 Å². The molecule has 0 radical (unpaired) electrons. The van der Waals surface area contributed by atoms with Crippen molar-refractivity contribution in [2.24, 2.45) is 0 Å². The van der Waals surface area contributed by atoms with Crippen LogP contribution in [0.3, 0.4) is 0 Å². The second-order valence-corrected chi connectivity index (χ2v) is 6.46. The van der Waals surface area contributed by atoms with Crippen molar-refractivity contribution in [3.8, 4) is 5.75 Å². The molecule has 0 saturated carbocycles. The minimum absolute atomic E-state index is 0.0515. The van der Waals surface area contributed by atoms with E-state index in [4.69, 9.17) is 9.15 Å². The molecular weight excluding hydrogens is 360 g/mol. The van der Waals surface area contributed by atoms with Gasteiger partial charge in [-0.15, -0.1) is 0 Å².